The number of nitrogens with one attached hydrogen (secondary N) is 3. The zero-order valence-electron chi connectivity index (χ0n) is 20.2. The molecule has 0 saturated carbocycles. The van der Waals surface area contributed by atoms with Gasteiger partial charge in [0.1, 0.15) is 11.2 Å². The standard InChI is InChI=1S/C21H38N4O6/c1-13(2)16(27)15(23-14(3)26)11-10-12-22-17(24-18(28)30-20(4,5)6)25-19(29)31-21(7,8)9/h13,15H,10-12H2,1-9H3,(H,23,26)(H2,22,24,25,28,29)/t15-/m0/s1. The first-order valence-corrected chi connectivity index (χ1v) is 10.4. The van der Waals surface area contributed by atoms with Crippen molar-refractivity contribution in [1.82, 2.24) is 16.0 Å². The van der Waals surface area contributed by atoms with Gasteiger partial charge in [0, 0.05) is 19.4 Å². The Morgan fingerprint density at radius 1 is 0.871 bits per heavy atom. The molecule has 0 heterocycles. The highest BCUT2D eigenvalue weighted by molar-refractivity contribution is 6.01. The Morgan fingerprint density at radius 2 is 1.32 bits per heavy atom. The summed E-state index contributed by atoms with van der Waals surface area (Å²) in [5, 5.41) is 7.43. The van der Waals surface area contributed by atoms with Gasteiger partial charge in [-0.3, -0.25) is 25.2 Å². The minimum atomic E-state index is -0.784. The molecule has 0 saturated heterocycles. The summed E-state index contributed by atoms with van der Waals surface area (Å²) in [6.07, 6.45) is -0.771. The predicted octanol–water partition coefficient (Wildman–Crippen LogP) is 2.90. The fraction of sp³-hybridized carbons (Fsp3) is 0.762. The van der Waals surface area contributed by atoms with Gasteiger partial charge < -0.3 is 14.8 Å². The molecule has 1 atom stereocenters. The minimum absolute atomic E-state index is 0.0711. The second kappa shape index (κ2) is 12.3. The monoisotopic (exact) mass is 442 g/mol. The van der Waals surface area contributed by atoms with Gasteiger partial charge in [0.15, 0.2) is 5.78 Å². The van der Waals surface area contributed by atoms with E-state index in [2.05, 4.69) is 20.9 Å². The molecule has 10 heteroatoms. The minimum Gasteiger partial charge on any atom is -0.444 e. The molecule has 0 fully saturated rings. The van der Waals surface area contributed by atoms with Crippen LogP contribution >= 0.6 is 0 Å². The highest BCUT2D eigenvalue weighted by Crippen LogP contribution is 2.09. The Morgan fingerprint density at radius 3 is 1.68 bits per heavy atom. The van der Waals surface area contributed by atoms with Crippen molar-refractivity contribution in [3.63, 3.8) is 0 Å². The lowest BCUT2D eigenvalue weighted by Crippen LogP contribution is -2.47. The molecule has 0 aliphatic heterocycles. The summed E-state index contributed by atoms with van der Waals surface area (Å²) < 4.78 is 10.4. The van der Waals surface area contributed by atoms with E-state index in [4.69, 9.17) is 9.47 Å². The summed E-state index contributed by atoms with van der Waals surface area (Å²) in [6, 6.07) is -0.617. The van der Waals surface area contributed by atoms with E-state index in [-0.39, 0.29) is 30.1 Å². The average Bonchev–Trinajstić information content (AvgIpc) is 2.52. The lowest BCUT2D eigenvalue weighted by molar-refractivity contribution is -0.128. The van der Waals surface area contributed by atoms with Gasteiger partial charge >= 0.3 is 12.2 Å². The van der Waals surface area contributed by atoms with Crippen molar-refractivity contribution in [3.8, 4) is 0 Å². The van der Waals surface area contributed by atoms with Crippen molar-refractivity contribution >= 4 is 29.8 Å². The van der Waals surface area contributed by atoms with Gasteiger partial charge in [0.05, 0.1) is 6.04 Å². The molecule has 0 aromatic carbocycles. The van der Waals surface area contributed by atoms with Crippen LogP contribution in [0, 0.1) is 5.92 Å². The number of guanidine groups is 1. The van der Waals surface area contributed by atoms with E-state index in [1.54, 1.807) is 55.4 Å². The summed E-state index contributed by atoms with van der Waals surface area (Å²) in [4.78, 5) is 52.0. The number of hydrogen-bond acceptors (Lipinski definition) is 7. The van der Waals surface area contributed by atoms with E-state index in [1.807, 2.05) is 0 Å². The normalized spacial score (nSPS) is 12.5. The maximum Gasteiger partial charge on any atom is 0.414 e. The lowest BCUT2D eigenvalue weighted by Gasteiger charge is -2.22. The van der Waals surface area contributed by atoms with Gasteiger partial charge in [-0.2, -0.15) is 0 Å². The third-order valence-corrected chi connectivity index (χ3v) is 3.45. The van der Waals surface area contributed by atoms with E-state index in [9.17, 15) is 19.2 Å². The summed E-state index contributed by atoms with van der Waals surface area (Å²) in [6.45, 7) is 15.3. The number of alkyl carbamates (subject to hydrolysis) is 2. The fourth-order valence-corrected chi connectivity index (χ4v) is 2.33. The molecule has 0 aliphatic carbocycles. The van der Waals surface area contributed by atoms with Crippen molar-refractivity contribution in [2.75, 3.05) is 6.54 Å². The topological polar surface area (TPSA) is 135 Å². The molecule has 178 valence electrons. The molecule has 0 radical (unpaired) electrons. The summed E-state index contributed by atoms with van der Waals surface area (Å²) in [5.74, 6) is -0.715. The van der Waals surface area contributed by atoms with Gasteiger partial charge in [-0.05, 0) is 54.4 Å². The summed E-state index contributed by atoms with van der Waals surface area (Å²) in [7, 11) is 0. The van der Waals surface area contributed by atoms with E-state index in [0.717, 1.165) is 0 Å². The second-order valence-corrected chi connectivity index (χ2v) is 9.44. The number of ether oxygens (including phenoxy) is 2. The van der Waals surface area contributed by atoms with Crippen LogP contribution in [0.2, 0.25) is 0 Å². The predicted molar refractivity (Wildman–Crippen MR) is 118 cm³/mol. The first kappa shape index (κ1) is 28.4. The zero-order valence-corrected chi connectivity index (χ0v) is 20.2. The molecular weight excluding hydrogens is 404 g/mol. The first-order chi connectivity index (χ1) is 14.0. The highest BCUT2D eigenvalue weighted by Gasteiger charge is 2.23. The van der Waals surface area contributed by atoms with Crippen molar-refractivity contribution in [1.29, 1.82) is 0 Å². The van der Waals surface area contributed by atoms with E-state index in [0.29, 0.717) is 12.8 Å². The van der Waals surface area contributed by atoms with Crippen LogP contribution in [0.15, 0.2) is 4.99 Å². The molecule has 0 spiro atoms. The number of hydrogen-bond donors (Lipinski definition) is 3. The van der Waals surface area contributed by atoms with Crippen molar-refractivity contribution in [3.05, 3.63) is 0 Å². The molecule has 0 rings (SSSR count). The molecule has 0 unspecified atom stereocenters. The maximum atomic E-state index is 12.3. The number of rotatable bonds is 7. The average molecular weight is 443 g/mol. The largest absolute Gasteiger partial charge is 0.444 e. The Balaban J connectivity index is 5.15. The van der Waals surface area contributed by atoms with E-state index in [1.165, 1.54) is 6.92 Å². The smallest absolute Gasteiger partial charge is 0.414 e. The van der Waals surface area contributed by atoms with Crippen LogP contribution in [0.3, 0.4) is 0 Å². The number of Topliss-reactive ketones (excluding diaryl/α,β-unsaturated/α-hetero) is 1. The number of amides is 3. The highest BCUT2D eigenvalue weighted by atomic mass is 16.6. The van der Waals surface area contributed by atoms with Crippen molar-refractivity contribution in [2.45, 2.75) is 92.4 Å². The number of carbonyl (C=O) groups excluding carboxylic acids is 4. The molecule has 0 aromatic rings. The number of ketones is 1. The Hall–Kier alpha value is -2.65. The van der Waals surface area contributed by atoms with Crippen LogP contribution in [0.1, 0.15) is 75.2 Å². The van der Waals surface area contributed by atoms with Gasteiger partial charge in [-0.1, -0.05) is 13.8 Å². The van der Waals surface area contributed by atoms with E-state index < -0.39 is 29.4 Å². The molecule has 0 aromatic heterocycles. The van der Waals surface area contributed by atoms with Crippen LogP contribution in [0.25, 0.3) is 0 Å². The first-order valence-electron chi connectivity index (χ1n) is 10.4. The van der Waals surface area contributed by atoms with Gasteiger partial charge in [0.2, 0.25) is 11.9 Å². The SMILES string of the molecule is CC(=O)N[C@@H](CCCN=C(NC(=O)OC(C)(C)C)NC(=O)OC(C)(C)C)C(=O)C(C)C. The lowest BCUT2D eigenvalue weighted by atomic mass is 9.98. The second-order valence-electron chi connectivity index (χ2n) is 9.44. The van der Waals surface area contributed by atoms with E-state index >= 15 is 0 Å². The van der Waals surface area contributed by atoms with Crippen LogP contribution < -0.4 is 16.0 Å². The zero-order chi connectivity index (χ0) is 24.4. The van der Waals surface area contributed by atoms with Gasteiger partial charge in [-0.25, -0.2) is 9.59 Å². The van der Waals surface area contributed by atoms with Gasteiger partial charge in [0.25, 0.3) is 0 Å². The van der Waals surface area contributed by atoms with Gasteiger partial charge in [-0.15, -0.1) is 0 Å². The molecule has 0 aliphatic rings. The summed E-state index contributed by atoms with van der Waals surface area (Å²) in [5.41, 5.74) is -1.46. The fourth-order valence-electron chi connectivity index (χ4n) is 2.33. The van der Waals surface area contributed by atoms with Crippen LogP contribution in [0.4, 0.5) is 9.59 Å². The Bertz CT molecular complexity index is 642. The quantitative estimate of drug-likeness (QED) is 0.315. The maximum absolute atomic E-state index is 12.3. The van der Waals surface area contributed by atoms with Crippen LogP contribution in [0.5, 0.6) is 0 Å². The molecular formula is C21H38N4O6. The molecule has 3 N–H and O–H groups in total. The molecule has 31 heavy (non-hydrogen) atoms. The van der Waals surface area contributed by atoms with Crippen LogP contribution in [-0.4, -0.2) is 53.6 Å². The van der Waals surface area contributed by atoms with Crippen LogP contribution in [-0.2, 0) is 19.1 Å². The molecule has 3 amide bonds. The number of aliphatic imine (C=N–C) groups is 1. The summed E-state index contributed by atoms with van der Waals surface area (Å²) >= 11 is 0. The van der Waals surface area contributed by atoms with Crippen molar-refractivity contribution < 1.29 is 28.7 Å². The third-order valence-electron chi connectivity index (χ3n) is 3.45. The Kier molecular flexibility index (Phi) is 11.2. The van der Waals surface area contributed by atoms with Crippen molar-refractivity contribution in [2.24, 2.45) is 10.9 Å². The number of carbonyl (C=O) groups is 4. The molecule has 10 nitrogen and oxygen atoms in total. The third kappa shape index (κ3) is 14.9. The number of nitrogens with zero attached hydrogens (tertiary/aromatic N) is 1. The Labute approximate surface area is 184 Å². The molecule has 0 bridgehead atoms.